The molecule has 2 aromatic heterocycles. The van der Waals surface area contributed by atoms with Crippen LogP contribution in [0.2, 0.25) is 0 Å². The van der Waals surface area contributed by atoms with Crippen LogP contribution in [-0.4, -0.2) is 24.1 Å². The van der Waals surface area contributed by atoms with E-state index >= 15 is 0 Å². The summed E-state index contributed by atoms with van der Waals surface area (Å²) in [6, 6.07) is 15.1. The zero-order valence-corrected chi connectivity index (χ0v) is 17.7. The Morgan fingerprint density at radius 1 is 1.10 bits per heavy atom. The van der Waals surface area contributed by atoms with E-state index in [0.717, 1.165) is 4.88 Å². The Morgan fingerprint density at radius 3 is 2.55 bits per heavy atom. The fourth-order valence-electron chi connectivity index (χ4n) is 2.83. The number of rotatable bonds is 7. The maximum Gasteiger partial charge on any atom is 0.255 e. The van der Waals surface area contributed by atoms with Crippen molar-refractivity contribution in [1.29, 1.82) is 0 Å². The summed E-state index contributed by atoms with van der Waals surface area (Å²) in [7, 11) is -3.70. The first-order valence-electron chi connectivity index (χ1n) is 9.15. The molecule has 0 spiro atoms. The number of halogens is 1. The minimum atomic E-state index is -3.70. The lowest BCUT2D eigenvalue weighted by Crippen LogP contribution is -2.23. The molecule has 0 aliphatic heterocycles. The molecule has 0 saturated carbocycles. The number of carbonyl (C=O) groups excluding carboxylic acids is 1. The predicted molar refractivity (Wildman–Crippen MR) is 116 cm³/mol. The maximum atomic E-state index is 14.3. The normalized spacial score (nSPS) is 11.4. The Hall–Kier alpha value is -3.34. The summed E-state index contributed by atoms with van der Waals surface area (Å²) in [6.07, 6.45) is 3.15. The van der Waals surface area contributed by atoms with Gasteiger partial charge in [0, 0.05) is 35.1 Å². The molecule has 0 bridgehead atoms. The molecule has 2 aromatic carbocycles. The van der Waals surface area contributed by atoms with E-state index < -0.39 is 21.7 Å². The van der Waals surface area contributed by atoms with Gasteiger partial charge in [0.05, 0.1) is 4.90 Å². The van der Waals surface area contributed by atoms with Crippen LogP contribution in [0, 0.1) is 5.82 Å². The summed E-state index contributed by atoms with van der Waals surface area (Å²) >= 11 is 1.46. The summed E-state index contributed by atoms with van der Waals surface area (Å²) in [5.74, 6) is -1.03. The predicted octanol–water partition coefficient (Wildman–Crippen LogP) is 3.80. The molecule has 0 atom stereocenters. The summed E-state index contributed by atoms with van der Waals surface area (Å²) in [6.45, 7) is 0.197. The average Bonchev–Trinajstić information content (AvgIpc) is 3.47. The van der Waals surface area contributed by atoms with Gasteiger partial charge in [-0.2, -0.15) is 5.10 Å². The SMILES string of the molecule is O=C(Nc1ccc(-n2cccn2)c(F)c1)c1ccc(S(=O)(=O)NCc2cccs2)cc1. The standard InChI is InChI=1S/C21H17FN4O3S2/c22-19-13-16(6-9-20(19)26-11-2-10-23-26)25-21(27)15-4-7-18(8-5-15)31(28,29)24-14-17-3-1-12-30-17/h1-13,24H,14H2,(H,25,27). The van der Waals surface area contributed by atoms with E-state index in [2.05, 4.69) is 15.1 Å². The number of carbonyl (C=O) groups is 1. The van der Waals surface area contributed by atoms with Crippen molar-refractivity contribution in [3.63, 3.8) is 0 Å². The lowest BCUT2D eigenvalue weighted by Gasteiger charge is -2.09. The molecule has 0 aliphatic carbocycles. The maximum absolute atomic E-state index is 14.3. The number of aromatic nitrogens is 2. The second kappa shape index (κ2) is 8.80. The number of hydrogen-bond acceptors (Lipinski definition) is 5. The third-order valence-electron chi connectivity index (χ3n) is 4.40. The van der Waals surface area contributed by atoms with E-state index in [1.54, 1.807) is 18.3 Å². The number of hydrogen-bond donors (Lipinski definition) is 2. The van der Waals surface area contributed by atoms with Crippen LogP contribution in [-0.2, 0) is 16.6 Å². The zero-order chi connectivity index (χ0) is 21.8. The van der Waals surface area contributed by atoms with E-state index in [1.807, 2.05) is 17.5 Å². The van der Waals surface area contributed by atoms with Gasteiger partial charge in [-0.3, -0.25) is 4.79 Å². The van der Waals surface area contributed by atoms with Gasteiger partial charge in [-0.15, -0.1) is 11.3 Å². The van der Waals surface area contributed by atoms with Crippen molar-refractivity contribution in [2.24, 2.45) is 0 Å². The number of anilines is 1. The molecular weight excluding hydrogens is 439 g/mol. The minimum absolute atomic E-state index is 0.0511. The van der Waals surface area contributed by atoms with Crippen molar-refractivity contribution in [2.75, 3.05) is 5.32 Å². The number of nitrogens with zero attached hydrogens (tertiary/aromatic N) is 2. The fraction of sp³-hybridized carbons (Fsp3) is 0.0476. The van der Waals surface area contributed by atoms with Crippen LogP contribution in [0.5, 0.6) is 0 Å². The second-order valence-electron chi connectivity index (χ2n) is 6.50. The third kappa shape index (κ3) is 4.88. The van der Waals surface area contributed by atoms with Gasteiger partial charge in [0.1, 0.15) is 5.69 Å². The third-order valence-corrected chi connectivity index (χ3v) is 6.69. The van der Waals surface area contributed by atoms with Gasteiger partial charge in [0.15, 0.2) is 5.82 Å². The molecule has 0 saturated heterocycles. The van der Waals surface area contributed by atoms with Gasteiger partial charge < -0.3 is 5.32 Å². The molecule has 7 nitrogen and oxygen atoms in total. The summed E-state index contributed by atoms with van der Waals surface area (Å²) in [5, 5.41) is 8.45. The molecule has 2 N–H and O–H groups in total. The monoisotopic (exact) mass is 456 g/mol. The molecule has 0 unspecified atom stereocenters. The van der Waals surface area contributed by atoms with Crippen LogP contribution in [0.25, 0.3) is 5.69 Å². The molecule has 1 amide bonds. The number of amides is 1. The van der Waals surface area contributed by atoms with Crippen LogP contribution < -0.4 is 10.0 Å². The van der Waals surface area contributed by atoms with Crippen molar-refractivity contribution in [2.45, 2.75) is 11.4 Å². The van der Waals surface area contributed by atoms with Gasteiger partial charge in [0.25, 0.3) is 5.91 Å². The molecule has 10 heteroatoms. The molecule has 0 aliphatic rings. The molecular formula is C21H17FN4O3S2. The number of benzene rings is 2. The highest BCUT2D eigenvalue weighted by Crippen LogP contribution is 2.19. The van der Waals surface area contributed by atoms with Crippen LogP contribution in [0.4, 0.5) is 10.1 Å². The van der Waals surface area contributed by atoms with Gasteiger partial charge in [0.2, 0.25) is 10.0 Å². The first kappa shape index (κ1) is 20.9. The van der Waals surface area contributed by atoms with Crippen molar-refractivity contribution >= 4 is 33.0 Å². The van der Waals surface area contributed by atoms with E-state index in [9.17, 15) is 17.6 Å². The number of thiophene rings is 1. The van der Waals surface area contributed by atoms with Gasteiger partial charge in [-0.25, -0.2) is 22.2 Å². The average molecular weight is 457 g/mol. The molecule has 158 valence electrons. The van der Waals surface area contributed by atoms with E-state index in [0.29, 0.717) is 0 Å². The van der Waals surface area contributed by atoms with Crippen molar-refractivity contribution in [3.8, 4) is 5.69 Å². The van der Waals surface area contributed by atoms with Gasteiger partial charge in [-0.1, -0.05) is 6.07 Å². The smallest absolute Gasteiger partial charge is 0.255 e. The first-order chi connectivity index (χ1) is 14.9. The zero-order valence-electron chi connectivity index (χ0n) is 16.0. The molecule has 4 aromatic rings. The van der Waals surface area contributed by atoms with Gasteiger partial charge >= 0.3 is 0 Å². The topological polar surface area (TPSA) is 93.1 Å². The van der Waals surface area contributed by atoms with E-state index in [4.69, 9.17) is 0 Å². The minimum Gasteiger partial charge on any atom is -0.322 e. The molecule has 2 heterocycles. The fourth-order valence-corrected chi connectivity index (χ4v) is 4.58. The first-order valence-corrected chi connectivity index (χ1v) is 11.5. The second-order valence-corrected chi connectivity index (χ2v) is 9.30. The Balaban J connectivity index is 1.43. The Kier molecular flexibility index (Phi) is 5.94. The summed E-state index contributed by atoms with van der Waals surface area (Å²) in [5.41, 5.74) is 0.772. The van der Waals surface area contributed by atoms with Crippen LogP contribution in [0.1, 0.15) is 15.2 Å². The van der Waals surface area contributed by atoms with Crippen molar-refractivity contribution in [1.82, 2.24) is 14.5 Å². The van der Waals surface area contributed by atoms with E-state index in [-0.39, 0.29) is 28.4 Å². The van der Waals surface area contributed by atoms with Crippen molar-refractivity contribution < 1.29 is 17.6 Å². The van der Waals surface area contributed by atoms with Crippen molar-refractivity contribution in [3.05, 3.63) is 94.7 Å². The number of nitrogens with one attached hydrogen (secondary N) is 2. The highest BCUT2D eigenvalue weighted by Gasteiger charge is 2.15. The largest absolute Gasteiger partial charge is 0.322 e. The van der Waals surface area contributed by atoms with Crippen LogP contribution in [0.3, 0.4) is 0 Å². The molecule has 4 rings (SSSR count). The van der Waals surface area contributed by atoms with Crippen LogP contribution in [0.15, 0.2) is 83.3 Å². The molecule has 31 heavy (non-hydrogen) atoms. The summed E-state index contributed by atoms with van der Waals surface area (Å²) < 4.78 is 43.1. The molecule has 0 radical (unpaired) electrons. The van der Waals surface area contributed by atoms with Gasteiger partial charge in [-0.05, 0) is 60.0 Å². The quantitative estimate of drug-likeness (QED) is 0.442. The Morgan fingerprint density at radius 2 is 1.90 bits per heavy atom. The highest BCUT2D eigenvalue weighted by molar-refractivity contribution is 7.89. The van der Waals surface area contributed by atoms with Crippen LogP contribution >= 0.6 is 11.3 Å². The Bertz CT molecular complexity index is 1290. The Labute approximate surface area is 182 Å². The number of sulfonamides is 1. The lowest BCUT2D eigenvalue weighted by molar-refractivity contribution is 0.102. The molecule has 0 fully saturated rings. The lowest BCUT2D eigenvalue weighted by atomic mass is 10.2. The highest BCUT2D eigenvalue weighted by atomic mass is 32.2. The van der Waals surface area contributed by atoms with E-state index in [1.165, 1.54) is 58.6 Å². The summed E-state index contributed by atoms with van der Waals surface area (Å²) in [4.78, 5) is 13.4.